The molecule has 0 bridgehead atoms. The molecular formula is C10H18N2OS. The van der Waals surface area contributed by atoms with Crippen LogP contribution >= 0.6 is 11.8 Å². The van der Waals surface area contributed by atoms with E-state index in [4.69, 9.17) is 0 Å². The van der Waals surface area contributed by atoms with Gasteiger partial charge in [0, 0.05) is 31.8 Å². The Morgan fingerprint density at radius 1 is 1.50 bits per heavy atom. The summed E-state index contributed by atoms with van der Waals surface area (Å²) in [5, 5.41) is 11.5. The molecule has 2 rings (SSSR count). The SMILES string of the molecule is CN1CCC(O)(CC2=NCCS2)CC1. The molecule has 1 saturated heterocycles. The van der Waals surface area contributed by atoms with E-state index in [1.807, 2.05) is 11.8 Å². The summed E-state index contributed by atoms with van der Waals surface area (Å²) in [6.07, 6.45) is 2.57. The molecule has 0 aliphatic carbocycles. The van der Waals surface area contributed by atoms with Crippen molar-refractivity contribution in [1.29, 1.82) is 0 Å². The van der Waals surface area contributed by atoms with Crippen LogP contribution in [0.25, 0.3) is 0 Å². The standard InChI is InChI=1S/C10H18N2OS/c1-12-5-2-10(13,3-6-12)8-9-11-4-7-14-9/h13H,2-8H2,1H3. The van der Waals surface area contributed by atoms with Crippen molar-refractivity contribution in [3.63, 3.8) is 0 Å². The molecule has 0 spiro atoms. The average Bonchev–Trinajstić information content (AvgIpc) is 2.63. The minimum Gasteiger partial charge on any atom is -0.389 e. The second-order valence-electron chi connectivity index (χ2n) is 4.33. The molecular weight excluding hydrogens is 196 g/mol. The van der Waals surface area contributed by atoms with Crippen LogP contribution in [-0.2, 0) is 0 Å². The molecule has 14 heavy (non-hydrogen) atoms. The number of likely N-dealkylation sites (tertiary alicyclic amines) is 1. The quantitative estimate of drug-likeness (QED) is 0.744. The van der Waals surface area contributed by atoms with E-state index < -0.39 is 5.60 Å². The van der Waals surface area contributed by atoms with Crippen LogP contribution < -0.4 is 0 Å². The molecule has 0 aromatic heterocycles. The van der Waals surface area contributed by atoms with Crippen LogP contribution in [0.15, 0.2) is 4.99 Å². The van der Waals surface area contributed by atoms with Crippen molar-refractivity contribution < 1.29 is 5.11 Å². The number of aliphatic hydroxyl groups is 1. The van der Waals surface area contributed by atoms with Gasteiger partial charge in [-0.25, -0.2) is 0 Å². The average molecular weight is 214 g/mol. The van der Waals surface area contributed by atoms with Gasteiger partial charge in [-0.05, 0) is 19.9 Å². The highest BCUT2D eigenvalue weighted by Gasteiger charge is 2.33. The maximum Gasteiger partial charge on any atom is 0.0732 e. The number of hydrogen-bond acceptors (Lipinski definition) is 4. The van der Waals surface area contributed by atoms with E-state index in [0.29, 0.717) is 0 Å². The first kappa shape index (κ1) is 10.5. The molecule has 2 aliphatic rings. The van der Waals surface area contributed by atoms with Crippen LogP contribution in [-0.4, -0.2) is 53.1 Å². The Balaban J connectivity index is 1.89. The molecule has 0 saturated carbocycles. The van der Waals surface area contributed by atoms with Crippen LogP contribution in [0, 0.1) is 0 Å². The van der Waals surface area contributed by atoms with Crippen molar-refractivity contribution in [2.24, 2.45) is 4.99 Å². The maximum atomic E-state index is 10.3. The first-order chi connectivity index (χ1) is 6.68. The molecule has 3 nitrogen and oxygen atoms in total. The third-order valence-electron chi connectivity index (χ3n) is 3.05. The van der Waals surface area contributed by atoms with Crippen molar-refractivity contribution in [3.8, 4) is 0 Å². The Morgan fingerprint density at radius 3 is 2.79 bits per heavy atom. The van der Waals surface area contributed by atoms with Gasteiger partial charge in [0.2, 0.25) is 0 Å². The van der Waals surface area contributed by atoms with E-state index in [0.717, 1.165) is 49.7 Å². The predicted molar refractivity (Wildman–Crippen MR) is 61.1 cm³/mol. The first-order valence-electron chi connectivity index (χ1n) is 5.25. The molecule has 4 heteroatoms. The van der Waals surface area contributed by atoms with Gasteiger partial charge in [-0.2, -0.15) is 0 Å². The largest absolute Gasteiger partial charge is 0.389 e. The Morgan fingerprint density at radius 2 is 2.21 bits per heavy atom. The fourth-order valence-electron chi connectivity index (χ4n) is 1.98. The molecule has 2 aliphatic heterocycles. The molecule has 0 atom stereocenters. The summed E-state index contributed by atoms with van der Waals surface area (Å²) in [4.78, 5) is 6.68. The van der Waals surface area contributed by atoms with Gasteiger partial charge in [-0.3, -0.25) is 4.99 Å². The third-order valence-corrected chi connectivity index (χ3v) is 4.04. The Hall–Kier alpha value is -0.0600. The fraction of sp³-hybridized carbons (Fsp3) is 0.900. The molecule has 0 aromatic rings. The van der Waals surface area contributed by atoms with E-state index in [2.05, 4.69) is 16.9 Å². The van der Waals surface area contributed by atoms with Gasteiger partial charge in [0.25, 0.3) is 0 Å². The second kappa shape index (κ2) is 4.21. The van der Waals surface area contributed by atoms with Gasteiger partial charge in [-0.15, -0.1) is 11.8 Å². The number of piperidine rings is 1. The van der Waals surface area contributed by atoms with Gasteiger partial charge in [0.15, 0.2) is 0 Å². The van der Waals surface area contributed by atoms with Gasteiger partial charge in [0.05, 0.1) is 10.6 Å². The number of hydrogen-bond donors (Lipinski definition) is 1. The van der Waals surface area contributed by atoms with Crippen LogP contribution in [0.4, 0.5) is 0 Å². The van der Waals surface area contributed by atoms with E-state index in [-0.39, 0.29) is 0 Å². The first-order valence-corrected chi connectivity index (χ1v) is 6.24. The highest BCUT2D eigenvalue weighted by atomic mass is 32.2. The normalized spacial score (nSPS) is 27.7. The van der Waals surface area contributed by atoms with E-state index in [9.17, 15) is 5.11 Å². The molecule has 0 radical (unpaired) electrons. The Kier molecular flexibility index (Phi) is 3.14. The van der Waals surface area contributed by atoms with Gasteiger partial charge in [0.1, 0.15) is 0 Å². The predicted octanol–water partition coefficient (Wildman–Crippen LogP) is 0.978. The van der Waals surface area contributed by atoms with Crippen molar-refractivity contribution in [2.45, 2.75) is 24.9 Å². The highest BCUT2D eigenvalue weighted by molar-refractivity contribution is 8.14. The Labute approximate surface area is 89.6 Å². The zero-order chi connectivity index (χ0) is 10.0. The summed E-state index contributed by atoms with van der Waals surface area (Å²) in [6.45, 7) is 2.96. The summed E-state index contributed by atoms with van der Waals surface area (Å²) in [5.41, 5.74) is -0.470. The maximum absolute atomic E-state index is 10.3. The lowest BCUT2D eigenvalue weighted by molar-refractivity contribution is -0.00864. The van der Waals surface area contributed by atoms with Crippen molar-refractivity contribution >= 4 is 16.8 Å². The van der Waals surface area contributed by atoms with Gasteiger partial charge < -0.3 is 10.0 Å². The number of rotatable bonds is 2. The third kappa shape index (κ3) is 2.49. The minimum atomic E-state index is -0.470. The lowest BCUT2D eigenvalue weighted by Crippen LogP contribution is -2.43. The van der Waals surface area contributed by atoms with Crippen LogP contribution in [0.2, 0.25) is 0 Å². The van der Waals surface area contributed by atoms with E-state index in [1.54, 1.807) is 0 Å². The molecule has 1 N–H and O–H groups in total. The smallest absolute Gasteiger partial charge is 0.0732 e. The summed E-state index contributed by atoms with van der Waals surface area (Å²) < 4.78 is 0. The van der Waals surface area contributed by atoms with Crippen LogP contribution in [0.5, 0.6) is 0 Å². The number of aliphatic imine (C=N–C) groups is 1. The van der Waals surface area contributed by atoms with Crippen molar-refractivity contribution in [1.82, 2.24) is 4.90 Å². The molecule has 2 heterocycles. The molecule has 0 unspecified atom stereocenters. The lowest BCUT2D eigenvalue weighted by Gasteiger charge is -2.36. The summed E-state index contributed by atoms with van der Waals surface area (Å²) in [5.74, 6) is 1.10. The second-order valence-corrected chi connectivity index (χ2v) is 5.50. The number of nitrogens with zero attached hydrogens (tertiary/aromatic N) is 2. The van der Waals surface area contributed by atoms with Crippen LogP contribution in [0.3, 0.4) is 0 Å². The monoisotopic (exact) mass is 214 g/mol. The molecule has 0 amide bonds. The topological polar surface area (TPSA) is 35.8 Å². The van der Waals surface area contributed by atoms with Crippen molar-refractivity contribution in [2.75, 3.05) is 32.4 Å². The molecule has 80 valence electrons. The summed E-state index contributed by atoms with van der Waals surface area (Å²) >= 11 is 1.81. The summed E-state index contributed by atoms with van der Waals surface area (Å²) in [7, 11) is 2.11. The number of thioether (sulfide) groups is 1. The van der Waals surface area contributed by atoms with E-state index in [1.165, 1.54) is 0 Å². The van der Waals surface area contributed by atoms with E-state index >= 15 is 0 Å². The van der Waals surface area contributed by atoms with Gasteiger partial charge in [-0.1, -0.05) is 0 Å². The molecule has 1 fully saturated rings. The summed E-state index contributed by atoms with van der Waals surface area (Å²) in [6, 6.07) is 0. The highest BCUT2D eigenvalue weighted by Crippen LogP contribution is 2.29. The van der Waals surface area contributed by atoms with Crippen LogP contribution in [0.1, 0.15) is 19.3 Å². The van der Waals surface area contributed by atoms with Gasteiger partial charge >= 0.3 is 0 Å². The Bertz CT molecular complexity index is 234. The molecule has 0 aromatic carbocycles. The lowest BCUT2D eigenvalue weighted by atomic mass is 9.89. The zero-order valence-electron chi connectivity index (χ0n) is 8.70. The minimum absolute atomic E-state index is 0.470. The fourth-order valence-corrected chi connectivity index (χ4v) is 2.95. The zero-order valence-corrected chi connectivity index (χ0v) is 9.52. The van der Waals surface area contributed by atoms with Crippen molar-refractivity contribution in [3.05, 3.63) is 0 Å².